The third kappa shape index (κ3) is 4.19. The quantitative estimate of drug-likeness (QED) is 0.695. The standard InChI is InChI=1S/C18H16F3N3O2S/c1-10-14(18(19,20)21)16(26-24-10)17(25)22-9-8-13-23-15(11(2)27-13)12-6-4-3-5-7-12/h3-7H,8-9H2,1-2H3,(H,22,25). The monoisotopic (exact) mass is 395 g/mol. The lowest BCUT2D eigenvalue weighted by atomic mass is 10.1. The highest BCUT2D eigenvalue weighted by Gasteiger charge is 2.41. The van der Waals surface area contributed by atoms with E-state index >= 15 is 0 Å². The fraction of sp³-hybridized carbons (Fsp3) is 0.278. The fourth-order valence-electron chi connectivity index (χ4n) is 2.64. The molecule has 142 valence electrons. The number of thiazole rings is 1. The zero-order chi connectivity index (χ0) is 19.6. The lowest BCUT2D eigenvalue weighted by molar-refractivity contribution is -0.138. The molecule has 1 aromatic carbocycles. The minimum Gasteiger partial charge on any atom is -0.350 e. The van der Waals surface area contributed by atoms with Crippen LogP contribution in [0, 0.1) is 13.8 Å². The molecule has 0 fully saturated rings. The summed E-state index contributed by atoms with van der Waals surface area (Å²) in [6, 6.07) is 9.68. The second-order valence-electron chi connectivity index (χ2n) is 5.85. The van der Waals surface area contributed by atoms with Gasteiger partial charge in [0.05, 0.1) is 16.4 Å². The Kier molecular flexibility index (Phi) is 5.31. The second-order valence-corrected chi connectivity index (χ2v) is 7.14. The molecule has 0 aliphatic rings. The third-order valence-electron chi connectivity index (χ3n) is 3.86. The molecule has 0 unspecified atom stereocenters. The van der Waals surface area contributed by atoms with Crippen molar-refractivity contribution in [1.29, 1.82) is 0 Å². The molecule has 3 rings (SSSR count). The number of halogens is 3. The molecule has 1 N–H and O–H groups in total. The molecule has 5 nitrogen and oxygen atoms in total. The Hall–Kier alpha value is -2.68. The van der Waals surface area contributed by atoms with Crippen LogP contribution in [0.2, 0.25) is 0 Å². The molecule has 0 bridgehead atoms. The summed E-state index contributed by atoms with van der Waals surface area (Å²) in [7, 11) is 0. The van der Waals surface area contributed by atoms with E-state index < -0.39 is 23.4 Å². The van der Waals surface area contributed by atoms with Crippen molar-refractivity contribution in [2.24, 2.45) is 0 Å². The van der Waals surface area contributed by atoms with E-state index in [0.717, 1.165) is 28.1 Å². The van der Waals surface area contributed by atoms with Gasteiger partial charge in [-0.1, -0.05) is 35.5 Å². The highest BCUT2D eigenvalue weighted by molar-refractivity contribution is 7.12. The molecule has 0 saturated heterocycles. The summed E-state index contributed by atoms with van der Waals surface area (Å²) in [6.45, 7) is 3.23. The topological polar surface area (TPSA) is 68.0 Å². The number of hydrogen-bond acceptors (Lipinski definition) is 5. The average Bonchev–Trinajstić information content (AvgIpc) is 3.18. The van der Waals surface area contributed by atoms with Crippen LogP contribution in [-0.4, -0.2) is 22.6 Å². The molecule has 2 aromatic heterocycles. The van der Waals surface area contributed by atoms with Crippen LogP contribution in [0.5, 0.6) is 0 Å². The van der Waals surface area contributed by atoms with Crippen molar-refractivity contribution < 1.29 is 22.5 Å². The summed E-state index contributed by atoms with van der Waals surface area (Å²) in [4.78, 5) is 17.6. The first kappa shape index (κ1) is 19.1. The van der Waals surface area contributed by atoms with E-state index in [9.17, 15) is 18.0 Å². The summed E-state index contributed by atoms with van der Waals surface area (Å²) in [5.74, 6) is -1.76. The molecule has 3 aromatic rings. The SMILES string of the molecule is Cc1noc(C(=O)NCCc2nc(-c3ccccc3)c(C)s2)c1C(F)(F)F. The number of nitrogens with one attached hydrogen (secondary N) is 1. The van der Waals surface area contributed by atoms with E-state index in [1.165, 1.54) is 11.3 Å². The smallest absolute Gasteiger partial charge is 0.350 e. The summed E-state index contributed by atoms with van der Waals surface area (Å²) in [5.41, 5.74) is 0.354. The van der Waals surface area contributed by atoms with E-state index in [0.29, 0.717) is 6.42 Å². The van der Waals surface area contributed by atoms with Crippen LogP contribution in [0.4, 0.5) is 13.2 Å². The summed E-state index contributed by atoms with van der Waals surface area (Å²) in [6.07, 6.45) is -4.30. The maximum atomic E-state index is 13.0. The highest BCUT2D eigenvalue weighted by Crippen LogP contribution is 2.34. The van der Waals surface area contributed by atoms with Gasteiger partial charge in [-0.3, -0.25) is 4.79 Å². The van der Waals surface area contributed by atoms with Crippen LogP contribution in [0.1, 0.15) is 31.7 Å². The van der Waals surface area contributed by atoms with E-state index in [1.807, 2.05) is 37.3 Å². The first-order valence-electron chi connectivity index (χ1n) is 8.10. The van der Waals surface area contributed by atoms with Crippen LogP contribution in [0.3, 0.4) is 0 Å². The Bertz CT molecular complexity index is 949. The Balaban J connectivity index is 1.65. The molecular weight excluding hydrogens is 379 g/mol. The number of alkyl halides is 3. The van der Waals surface area contributed by atoms with Crippen molar-refractivity contribution in [3.63, 3.8) is 0 Å². The average molecular weight is 395 g/mol. The summed E-state index contributed by atoms with van der Waals surface area (Å²) in [5, 5.41) is 6.48. The van der Waals surface area contributed by atoms with Gasteiger partial charge in [0.1, 0.15) is 5.56 Å². The zero-order valence-corrected chi connectivity index (χ0v) is 15.4. The Labute approximate surface area is 157 Å². The Morgan fingerprint density at radius 3 is 2.59 bits per heavy atom. The van der Waals surface area contributed by atoms with Gasteiger partial charge in [0.15, 0.2) is 0 Å². The number of carbonyl (C=O) groups is 1. The van der Waals surface area contributed by atoms with E-state index in [4.69, 9.17) is 0 Å². The fourth-order valence-corrected chi connectivity index (χ4v) is 3.60. The maximum absolute atomic E-state index is 13.0. The lowest BCUT2D eigenvalue weighted by Gasteiger charge is -2.07. The first-order valence-corrected chi connectivity index (χ1v) is 8.92. The van der Waals surface area contributed by atoms with Crippen LogP contribution in [0.15, 0.2) is 34.9 Å². The van der Waals surface area contributed by atoms with Gasteiger partial charge in [-0.2, -0.15) is 13.2 Å². The van der Waals surface area contributed by atoms with Gasteiger partial charge in [0.2, 0.25) is 5.76 Å². The normalized spacial score (nSPS) is 11.6. The molecule has 0 spiro atoms. The number of aromatic nitrogens is 2. The van der Waals surface area contributed by atoms with Crippen molar-refractivity contribution in [2.45, 2.75) is 26.4 Å². The molecule has 0 atom stereocenters. The molecule has 0 aliphatic heterocycles. The number of aryl methyl sites for hydroxylation is 2. The number of benzene rings is 1. The largest absolute Gasteiger partial charge is 0.422 e. The second kappa shape index (κ2) is 7.51. The van der Waals surface area contributed by atoms with Crippen molar-refractivity contribution in [3.8, 4) is 11.3 Å². The Morgan fingerprint density at radius 2 is 1.93 bits per heavy atom. The van der Waals surface area contributed by atoms with Crippen LogP contribution in [-0.2, 0) is 12.6 Å². The molecule has 0 radical (unpaired) electrons. The van der Waals surface area contributed by atoms with Crippen molar-refractivity contribution in [3.05, 3.63) is 57.2 Å². The van der Waals surface area contributed by atoms with Crippen molar-refractivity contribution >= 4 is 17.2 Å². The number of carbonyl (C=O) groups excluding carboxylic acids is 1. The molecule has 0 saturated carbocycles. The molecule has 9 heteroatoms. The van der Waals surface area contributed by atoms with Crippen molar-refractivity contribution in [1.82, 2.24) is 15.5 Å². The van der Waals surface area contributed by atoms with Gasteiger partial charge >= 0.3 is 6.18 Å². The third-order valence-corrected chi connectivity index (χ3v) is 4.90. The van der Waals surface area contributed by atoms with Gasteiger partial charge in [-0.05, 0) is 13.8 Å². The molecule has 2 heterocycles. The van der Waals surface area contributed by atoms with Gasteiger partial charge in [-0.25, -0.2) is 4.98 Å². The molecule has 1 amide bonds. The minimum atomic E-state index is -4.70. The van der Waals surface area contributed by atoms with E-state index in [2.05, 4.69) is 20.0 Å². The van der Waals surface area contributed by atoms with Crippen molar-refractivity contribution in [2.75, 3.05) is 6.54 Å². The number of amides is 1. The summed E-state index contributed by atoms with van der Waals surface area (Å²) < 4.78 is 43.6. The van der Waals surface area contributed by atoms with Gasteiger partial charge in [-0.15, -0.1) is 11.3 Å². The van der Waals surface area contributed by atoms with Crippen LogP contribution in [0.25, 0.3) is 11.3 Å². The molecular formula is C18H16F3N3O2S. The van der Waals surface area contributed by atoms with Gasteiger partial charge < -0.3 is 9.84 Å². The van der Waals surface area contributed by atoms with E-state index in [-0.39, 0.29) is 12.2 Å². The zero-order valence-electron chi connectivity index (χ0n) is 14.6. The number of rotatable bonds is 5. The minimum absolute atomic E-state index is 0.136. The highest BCUT2D eigenvalue weighted by atomic mass is 32.1. The van der Waals surface area contributed by atoms with E-state index in [1.54, 1.807) is 0 Å². The van der Waals surface area contributed by atoms with Crippen LogP contribution < -0.4 is 5.32 Å². The predicted octanol–water partition coefficient (Wildman–Crippen LogP) is 4.41. The van der Waals surface area contributed by atoms with Crippen LogP contribution >= 0.6 is 11.3 Å². The molecule has 27 heavy (non-hydrogen) atoms. The number of nitrogens with zero attached hydrogens (tertiary/aromatic N) is 2. The Morgan fingerprint density at radius 1 is 1.22 bits per heavy atom. The number of hydrogen-bond donors (Lipinski definition) is 1. The maximum Gasteiger partial charge on any atom is 0.422 e. The van der Waals surface area contributed by atoms with Gasteiger partial charge in [0, 0.05) is 23.4 Å². The molecule has 0 aliphatic carbocycles. The lowest BCUT2D eigenvalue weighted by Crippen LogP contribution is -2.27. The summed E-state index contributed by atoms with van der Waals surface area (Å²) >= 11 is 1.49. The first-order chi connectivity index (χ1) is 12.8. The predicted molar refractivity (Wildman–Crippen MR) is 94.6 cm³/mol. The van der Waals surface area contributed by atoms with Gasteiger partial charge in [0.25, 0.3) is 5.91 Å².